The van der Waals surface area contributed by atoms with Crippen LogP contribution in [0.25, 0.3) is 11.1 Å². The lowest BCUT2D eigenvalue weighted by molar-refractivity contribution is 0.0950. The molecule has 25 heavy (non-hydrogen) atoms. The molecule has 0 atom stereocenters. The van der Waals surface area contributed by atoms with E-state index < -0.39 is 0 Å². The van der Waals surface area contributed by atoms with Crippen molar-refractivity contribution >= 4 is 40.0 Å². The van der Waals surface area contributed by atoms with Crippen LogP contribution in [0, 0.1) is 6.92 Å². The molecule has 6 heteroatoms. The third-order valence-corrected chi connectivity index (χ3v) is 4.81. The van der Waals surface area contributed by atoms with Crippen LogP contribution in [0.3, 0.4) is 0 Å². The summed E-state index contributed by atoms with van der Waals surface area (Å²) in [5.41, 5.74) is 3.16. The summed E-state index contributed by atoms with van der Waals surface area (Å²) in [6.45, 7) is 2.47. The van der Waals surface area contributed by atoms with Crippen LogP contribution in [0.5, 0.6) is 0 Å². The number of carbonyl (C=O) groups is 1. The van der Waals surface area contributed by atoms with Gasteiger partial charge in [-0.25, -0.2) is 0 Å². The van der Waals surface area contributed by atoms with Crippen molar-refractivity contribution in [3.63, 3.8) is 0 Å². The minimum Gasteiger partial charge on any atom is -0.346 e. The van der Waals surface area contributed by atoms with Gasteiger partial charge < -0.3 is 5.32 Å². The van der Waals surface area contributed by atoms with Crippen LogP contribution >= 0.6 is 22.9 Å². The van der Waals surface area contributed by atoms with Crippen LogP contribution < -0.4 is 5.32 Å². The van der Waals surface area contributed by atoms with Gasteiger partial charge in [0, 0.05) is 6.54 Å². The number of halogens is 1. The third-order valence-electron chi connectivity index (χ3n) is 3.45. The highest BCUT2D eigenvalue weighted by Crippen LogP contribution is 2.25. The Morgan fingerprint density at radius 1 is 1.12 bits per heavy atom. The Morgan fingerprint density at radius 3 is 2.64 bits per heavy atom. The summed E-state index contributed by atoms with van der Waals surface area (Å²) in [7, 11) is 0. The van der Waals surface area contributed by atoms with Gasteiger partial charge in [0.15, 0.2) is 5.01 Å². The number of aryl methyl sites for hydroxylation is 1. The summed E-state index contributed by atoms with van der Waals surface area (Å²) >= 11 is 7.49. The van der Waals surface area contributed by atoms with Crippen molar-refractivity contribution in [2.75, 3.05) is 0 Å². The van der Waals surface area contributed by atoms with Gasteiger partial charge in [0.1, 0.15) is 0 Å². The zero-order valence-corrected chi connectivity index (χ0v) is 15.1. The highest BCUT2D eigenvalue weighted by molar-refractivity contribution is 7.15. The average Bonchev–Trinajstić information content (AvgIpc) is 3.11. The molecule has 3 aromatic rings. The first-order valence-corrected chi connectivity index (χ1v) is 8.91. The molecule has 1 N–H and O–H groups in total. The molecule has 0 bridgehead atoms. The van der Waals surface area contributed by atoms with E-state index in [2.05, 4.69) is 15.5 Å². The van der Waals surface area contributed by atoms with Crippen LogP contribution in [0.15, 0.2) is 54.6 Å². The van der Waals surface area contributed by atoms with Crippen molar-refractivity contribution in [3.05, 3.63) is 81.3 Å². The molecule has 0 saturated carbocycles. The lowest BCUT2D eigenvalue weighted by atomic mass is 10.1. The summed E-state index contributed by atoms with van der Waals surface area (Å²) in [6.07, 6.45) is 1.82. The SMILES string of the molecule is Cc1cccc(/C=C(\Cl)c2nnc(C(=O)NCc3ccccc3)s2)c1. The van der Waals surface area contributed by atoms with Crippen molar-refractivity contribution in [2.24, 2.45) is 0 Å². The monoisotopic (exact) mass is 369 g/mol. The second-order valence-corrected chi connectivity index (χ2v) is 6.87. The van der Waals surface area contributed by atoms with Gasteiger partial charge in [-0.3, -0.25) is 4.79 Å². The predicted molar refractivity (Wildman–Crippen MR) is 102 cm³/mol. The molecule has 1 aromatic heterocycles. The van der Waals surface area contributed by atoms with Gasteiger partial charge in [0.25, 0.3) is 5.91 Å². The Labute approximate surface area is 155 Å². The topological polar surface area (TPSA) is 54.9 Å². The van der Waals surface area contributed by atoms with Crippen molar-refractivity contribution in [1.82, 2.24) is 15.5 Å². The molecule has 1 heterocycles. The van der Waals surface area contributed by atoms with Gasteiger partial charge in [0.2, 0.25) is 5.01 Å². The molecule has 0 unspecified atom stereocenters. The zero-order chi connectivity index (χ0) is 17.6. The highest BCUT2D eigenvalue weighted by atomic mass is 35.5. The average molecular weight is 370 g/mol. The fourth-order valence-corrected chi connectivity index (χ4v) is 3.18. The Kier molecular flexibility index (Phi) is 5.58. The smallest absolute Gasteiger partial charge is 0.282 e. The molecule has 0 aliphatic heterocycles. The van der Waals surface area contributed by atoms with E-state index in [-0.39, 0.29) is 5.91 Å². The number of carbonyl (C=O) groups excluding carboxylic acids is 1. The molecule has 126 valence electrons. The third kappa shape index (κ3) is 4.75. The number of aromatic nitrogens is 2. The first-order chi connectivity index (χ1) is 12.1. The largest absolute Gasteiger partial charge is 0.346 e. The van der Waals surface area contributed by atoms with Gasteiger partial charge in [-0.2, -0.15) is 0 Å². The molecule has 2 aromatic carbocycles. The normalized spacial score (nSPS) is 11.4. The minimum atomic E-state index is -0.257. The lowest BCUT2D eigenvalue weighted by Crippen LogP contribution is -2.22. The van der Waals surface area contributed by atoms with Crippen molar-refractivity contribution in [1.29, 1.82) is 0 Å². The summed E-state index contributed by atoms with van der Waals surface area (Å²) in [5.74, 6) is -0.257. The van der Waals surface area contributed by atoms with E-state index >= 15 is 0 Å². The molecule has 0 spiro atoms. The molecule has 0 fully saturated rings. The van der Waals surface area contributed by atoms with Crippen molar-refractivity contribution in [3.8, 4) is 0 Å². The van der Waals surface area contributed by atoms with E-state index in [1.807, 2.05) is 67.6 Å². The number of amides is 1. The first kappa shape index (κ1) is 17.3. The number of rotatable bonds is 5. The summed E-state index contributed by atoms with van der Waals surface area (Å²) in [5, 5.41) is 12.1. The Morgan fingerprint density at radius 2 is 1.88 bits per heavy atom. The Hall–Kier alpha value is -2.50. The van der Waals surface area contributed by atoms with E-state index in [1.54, 1.807) is 0 Å². The molecule has 4 nitrogen and oxygen atoms in total. The van der Waals surface area contributed by atoms with Gasteiger partial charge >= 0.3 is 0 Å². The number of nitrogens with zero attached hydrogens (tertiary/aromatic N) is 2. The van der Waals surface area contributed by atoms with Crippen molar-refractivity contribution < 1.29 is 4.79 Å². The molecule has 3 rings (SSSR count). The van der Waals surface area contributed by atoms with E-state index in [9.17, 15) is 4.79 Å². The summed E-state index contributed by atoms with van der Waals surface area (Å²) in [4.78, 5) is 12.2. The zero-order valence-electron chi connectivity index (χ0n) is 13.6. The molecular formula is C19H16ClN3OS. The van der Waals surface area contributed by atoms with E-state index in [0.29, 0.717) is 21.6 Å². The number of benzene rings is 2. The van der Waals surface area contributed by atoms with Crippen LogP contribution in [0.1, 0.15) is 31.5 Å². The van der Waals surface area contributed by atoms with Gasteiger partial charge in [-0.05, 0) is 24.1 Å². The quantitative estimate of drug-likeness (QED) is 0.719. The van der Waals surface area contributed by atoms with Crippen LogP contribution in [0.4, 0.5) is 0 Å². The molecule has 0 radical (unpaired) electrons. The highest BCUT2D eigenvalue weighted by Gasteiger charge is 2.14. The van der Waals surface area contributed by atoms with E-state index in [1.165, 1.54) is 11.3 Å². The predicted octanol–water partition coefficient (Wildman–Crippen LogP) is 4.51. The molecule has 0 aliphatic carbocycles. The van der Waals surface area contributed by atoms with Crippen LogP contribution in [0.2, 0.25) is 0 Å². The fourth-order valence-electron chi connectivity index (χ4n) is 2.23. The summed E-state index contributed by atoms with van der Waals surface area (Å²) < 4.78 is 0. The maximum Gasteiger partial charge on any atom is 0.282 e. The fraction of sp³-hybridized carbons (Fsp3) is 0.105. The van der Waals surface area contributed by atoms with E-state index in [4.69, 9.17) is 11.6 Å². The Balaban J connectivity index is 1.68. The minimum absolute atomic E-state index is 0.257. The standard InChI is InChI=1S/C19H16ClN3OS/c1-13-6-5-9-15(10-13)11-16(20)18-22-23-19(25-18)17(24)21-12-14-7-3-2-4-8-14/h2-11H,12H2,1H3,(H,21,24)/b16-11-. The Bertz CT molecular complexity index is 906. The van der Waals surface area contributed by atoms with Gasteiger partial charge in [-0.15, -0.1) is 10.2 Å². The molecular weight excluding hydrogens is 354 g/mol. The van der Waals surface area contributed by atoms with Gasteiger partial charge in [-0.1, -0.05) is 83.1 Å². The molecule has 1 amide bonds. The molecule has 0 saturated heterocycles. The number of nitrogens with one attached hydrogen (secondary N) is 1. The van der Waals surface area contributed by atoms with Crippen LogP contribution in [-0.2, 0) is 6.54 Å². The molecule has 0 aliphatic rings. The lowest BCUT2D eigenvalue weighted by Gasteiger charge is -2.02. The first-order valence-electron chi connectivity index (χ1n) is 7.72. The second-order valence-electron chi connectivity index (χ2n) is 5.49. The van der Waals surface area contributed by atoms with E-state index in [0.717, 1.165) is 16.7 Å². The van der Waals surface area contributed by atoms with Gasteiger partial charge in [0.05, 0.1) is 5.03 Å². The van der Waals surface area contributed by atoms with Crippen molar-refractivity contribution in [2.45, 2.75) is 13.5 Å². The maximum absolute atomic E-state index is 12.2. The summed E-state index contributed by atoms with van der Waals surface area (Å²) in [6, 6.07) is 17.7. The number of hydrogen-bond donors (Lipinski definition) is 1. The maximum atomic E-state index is 12.2. The second kappa shape index (κ2) is 8.05. The number of hydrogen-bond acceptors (Lipinski definition) is 4. The van der Waals surface area contributed by atoms with Crippen LogP contribution in [-0.4, -0.2) is 16.1 Å².